The highest BCUT2D eigenvalue weighted by molar-refractivity contribution is 6.16. The molecule has 0 aliphatic rings. The molecule has 1 aromatic rings. The molecule has 0 radical (unpaired) electrons. The minimum Gasteiger partial charge on any atom is -0.388 e. The zero-order chi connectivity index (χ0) is 6.69. The number of hydrogen-bond donors (Lipinski definition) is 1. The van der Waals surface area contributed by atoms with Gasteiger partial charge in [-0.05, 0) is 0 Å². The molecule has 3 nitrogen and oxygen atoms in total. The second-order valence-corrected chi connectivity index (χ2v) is 1.84. The average molecular weight is 148 g/mol. The second-order valence-electron chi connectivity index (χ2n) is 1.58. The van der Waals surface area contributed by atoms with Crippen molar-refractivity contribution >= 4 is 11.6 Å². The Kier molecular flexibility index (Phi) is 2.08. The van der Waals surface area contributed by atoms with Gasteiger partial charge in [0.2, 0.25) is 0 Å². The van der Waals surface area contributed by atoms with Gasteiger partial charge in [0.05, 0.1) is 11.6 Å². The molecule has 1 rings (SSSR count). The largest absolute Gasteiger partial charge is 0.388 e. The highest BCUT2D eigenvalue weighted by atomic mass is 35.5. The first-order valence-corrected chi connectivity index (χ1v) is 3.01. The van der Waals surface area contributed by atoms with Gasteiger partial charge in [-0.3, -0.25) is 0 Å². The van der Waals surface area contributed by atoms with Crippen LogP contribution in [0, 0.1) is 0 Å². The van der Waals surface area contributed by atoms with E-state index in [0.29, 0.717) is 17.3 Å². The number of halogens is 1. The Hall–Kier alpha value is -0.540. The van der Waals surface area contributed by atoms with Crippen molar-refractivity contribution in [3.8, 4) is 0 Å². The third kappa shape index (κ3) is 1.43. The van der Waals surface area contributed by atoms with Gasteiger partial charge in [0.1, 0.15) is 6.61 Å². The van der Waals surface area contributed by atoms with E-state index in [4.69, 9.17) is 16.7 Å². The minimum absolute atomic E-state index is 0.121. The van der Waals surface area contributed by atoms with Crippen LogP contribution in [0.5, 0.6) is 0 Å². The number of aliphatic hydroxyl groups is 1. The van der Waals surface area contributed by atoms with E-state index in [1.165, 1.54) is 0 Å². The third-order valence-corrected chi connectivity index (χ3v) is 1.17. The van der Waals surface area contributed by atoms with E-state index in [-0.39, 0.29) is 6.61 Å². The van der Waals surface area contributed by atoms with Gasteiger partial charge in [-0.1, -0.05) is 5.16 Å². The molecule has 0 spiro atoms. The maximum absolute atomic E-state index is 8.47. The molecule has 4 heteroatoms. The molecular formula is C5H6ClNO2. The molecule has 0 aliphatic heterocycles. The van der Waals surface area contributed by atoms with Crippen LogP contribution in [0.2, 0.25) is 0 Å². The quantitative estimate of drug-likeness (QED) is 0.633. The zero-order valence-electron chi connectivity index (χ0n) is 4.67. The standard InChI is InChI=1S/C5H6ClNO2/c6-2-4-1-5(3-8)9-7-4/h1,8H,2-3H2. The molecule has 9 heavy (non-hydrogen) atoms. The Labute approximate surface area is 57.2 Å². The van der Waals surface area contributed by atoms with Crippen molar-refractivity contribution in [2.45, 2.75) is 12.5 Å². The Morgan fingerprint density at radius 1 is 1.78 bits per heavy atom. The Balaban J connectivity index is 2.74. The number of hydrogen-bond acceptors (Lipinski definition) is 3. The highest BCUT2D eigenvalue weighted by Gasteiger charge is 1.99. The van der Waals surface area contributed by atoms with Crippen LogP contribution >= 0.6 is 11.6 Å². The number of aromatic nitrogens is 1. The fraction of sp³-hybridized carbons (Fsp3) is 0.400. The molecule has 0 saturated carbocycles. The van der Waals surface area contributed by atoms with Gasteiger partial charge in [0.25, 0.3) is 0 Å². The summed E-state index contributed by atoms with van der Waals surface area (Å²) < 4.78 is 4.62. The summed E-state index contributed by atoms with van der Waals surface area (Å²) in [5.74, 6) is 0.773. The molecule has 0 amide bonds. The molecule has 50 valence electrons. The van der Waals surface area contributed by atoms with Gasteiger partial charge in [-0.25, -0.2) is 0 Å². The van der Waals surface area contributed by atoms with Crippen LogP contribution in [0.4, 0.5) is 0 Å². The first-order valence-electron chi connectivity index (χ1n) is 2.48. The summed E-state index contributed by atoms with van der Waals surface area (Å²) >= 11 is 5.39. The molecule has 0 fully saturated rings. The van der Waals surface area contributed by atoms with Crippen molar-refractivity contribution in [3.05, 3.63) is 17.5 Å². The van der Waals surface area contributed by atoms with Gasteiger partial charge >= 0.3 is 0 Å². The first-order chi connectivity index (χ1) is 4.36. The molecule has 0 saturated heterocycles. The predicted molar refractivity (Wildman–Crippen MR) is 32.0 cm³/mol. The topological polar surface area (TPSA) is 46.3 Å². The third-order valence-electron chi connectivity index (χ3n) is 0.901. The molecule has 1 aromatic heterocycles. The number of alkyl halides is 1. The Morgan fingerprint density at radius 3 is 2.89 bits per heavy atom. The van der Waals surface area contributed by atoms with Crippen LogP contribution in [0.25, 0.3) is 0 Å². The second kappa shape index (κ2) is 2.85. The normalized spacial score (nSPS) is 10.0. The SMILES string of the molecule is OCc1cc(CCl)no1. The van der Waals surface area contributed by atoms with Gasteiger partial charge in [0, 0.05) is 6.07 Å². The lowest BCUT2D eigenvalue weighted by Gasteiger charge is -1.77. The molecule has 1 N–H and O–H groups in total. The van der Waals surface area contributed by atoms with Crippen LogP contribution in [-0.4, -0.2) is 10.3 Å². The lowest BCUT2D eigenvalue weighted by molar-refractivity contribution is 0.228. The van der Waals surface area contributed by atoms with Gasteiger partial charge < -0.3 is 9.63 Å². The van der Waals surface area contributed by atoms with Crippen molar-refractivity contribution in [1.29, 1.82) is 0 Å². The summed E-state index contributed by atoms with van der Waals surface area (Å²) in [5, 5.41) is 12.0. The monoisotopic (exact) mass is 147 g/mol. The molecule has 0 atom stereocenters. The van der Waals surface area contributed by atoms with Crippen LogP contribution in [-0.2, 0) is 12.5 Å². The van der Waals surface area contributed by atoms with Gasteiger partial charge in [-0.2, -0.15) is 0 Å². The van der Waals surface area contributed by atoms with Crippen LogP contribution < -0.4 is 0 Å². The fourth-order valence-corrected chi connectivity index (χ4v) is 0.619. The lowest BCUT2D eigenvalue weighted by atomic mass is 10.4. The van der Waals surface area contributed by atoms with E-state index in [1.54, 1.807) is 6.07 Å². The van der Waals surface area contributed by atoms with Crippen molar-refractivity contribution in [1.82, 2.24) is 5.16 Å². The van der Waals surface area contributed by atoms with Crippen molar-refractivity contribution in [3.63, 3.8) is 0 Å². The maximum Gasteiger partial charge on any atom is 0.162 e. The summed E-state index contributed by atoms with van der Waals surface area (Å²) in [5.41, 5.74) is 0.653. The summed E-state index contributed by atoms with van der Waals surface area (Å²) in [6.07, 6.45) is 0. The number of aliphatic hydroxyl groups excluding tert-OH is 1. The number of nitrogens with zero attached hydrogens (tertiary/aromatic N) is 1. The molecule has 0 bridgehead atoms. The van der Waals surface area contributed by atoms with E-state index in [0.717, 1.165) is 0 Å². The summed E-state index contributed by atoms with van der Waals surface area (Å²) in [4.78, 5) is 0. The molecule has 0 aliphatic carbocycles. The van der Waals surface area contributed by atoms with Gasteiger partial charge in [-0.15, -0.1) is 11.6 Å². The van der Waals surface area contributed by atoms with Crippen molar-refractivity contribution < 1.29 is 9.63 Å². The Bertz CT molecular complexity index is 168. The maximum atomic E-state index is 8.47. The van der Waals surface area contributed by atoms with E-state index >= 15 is 0 Å². The van der Waals surface area contributed by atoms with Crippen molar-refractivity contribution in [2.24, 2.45) is 0 Å². The van der Waals surface area contributed by atoms with Gasteiger partial charge in [0.15, 0.2) is 5.76 Å². The van der Waals surface area contributed by atoms with Crippen LogP contribution in [0.3, 0.4) is 0 Å². The van der Waals surface area contributed by atoms with Crippen LogP contribution in [0.15, 0.2) is 10.6 Å². The zero-order valence-corrected chi connectivity index (χ0v) is 5.43. The van der Waals surface area contributed by atoms with Crippen LogP contribution in [0.1, 0.15) is 11.5 Å². The molecule has 0 aromatic carbocycles. The molecule has 0 unspecified atom stereocenters. The fourth-order valence-electron chi connectivity index (χ4n) is 0.493. The molecule has 1 heterocycles. The average Bonchev–Trinajstić information content (AvgIpc) is 2.34. The predicted octanol–water partition coefficient (Wildman–Crippen LogP) is 0.906. The van der Waals surface area contributed by atoms with E-state index < -0.39 is 0 Å². The van der Waals surface area contributed by atoms with Crippen molar-refractivity contribution in [2.75, 3.05) is 0 Å². The number of rotatable bonds is 2. The summed E-state index contributed by atoms with van der Waals surface area (Å²) in [6, 6.07) is 1.62. The highest BCUT2D eigenvalue weighted by Crippen LogP contribution is 2.04. The van der Waals surface area contributed by atoms with E-state index in [9.17, 15) is 0 Å². The lowest BCUT2D eigenvalue weighted by Crippen LogP contribution is -1.74. The van der Waals surface area contributed by atoms with E-state index in [1.807, 2.05) is 0 Å². The molecular weight excluding hydrogens is 142 g/mol. The first kappa shape index (κ1) is 6.58. The minimum atomic E-state index is -0.121. The van der Waals surface area contributed by atoms with E-state index in [2.05, 4.69) is 9.68 Å². The smallest absolute Gasteiger partial charge is 0.162 e. The Morgan fingerprint density at radius 2 is 2.56 bits per heavy atom. The summed E-state index contributed by atoms with van der Waals surface area (Å²) in [6.45, 7) is -0.121. The summed E-state index contributed by atoms with van der Waals surface area (Å²) in [7, 11) is 0.